The number of sulfonamides is 1. The second-order valence-electron chi connectivity index (χ2n) is 14.8. The molecule has 0 bridgehead atoms. The van der Waals surface area contributed by atoms with Gasteiger partial charge in [0.15, 0.2) is 13.1 Å². The second kappa shape index (κ2) is 29.0. The van der Waals surface area contributed by atoms with Crippen LogP contribution in [0.15, 0.2) is 77.7 Å². The van der Waals surface area contributed by atoms with E-state index in [2.05, 4.69) is 20.3 Å². The maximum Gasteiger partial charge on any atom is 0.416 e. The first-order valence-corrected chi connectivity index (χ1v) is 25.8. The van der Waals surface area contributed by atoms with Gasteiger partial charge in [-0.05, 0) is 74.7 Å². The fourth-order valence-electron chi connectivity index (χ4n) is 5.46. The quantitative estimate of drug-likeness (QED) is 0.0218. The SMILES string of the molecule is CCOc1cc(Oc2ccc(C(F)(F)F)cc2Cl)ccc1[N+](=O)[O-].COc1c(Cl)ccc(Cl)c1C(=O)O.COc1nc(C)nc(NC(=O)NS(=O)(=O)c2ccccc2CCC(F)(F)F)n1.CP(=O)(O)CCC(N)C(=O)O. The van der Waals surface area contributed by atoms with Gasteiger partial charge in [0, 0.05) is 31.4 Å². The molecule has 0 radical (unpaired) electrons. The highest BCUT2D eigenvalue weighted by Gasteiger charge is 2.32. The number of methoxy groups -OCH3 is 2. The maximum atomic E-state index is 12.6. The smallest absolute Gasteiger partial charge is 0.416 e. The van der Waals surface area contributed by atoms with E-state index in [4.69, 9.17) is 74.6 Å². The molecule has 0 spiro atoms. The monoisotopic (exact) mass is 1180 g/mol. The summed E-state index contributed by atoms with van der Waals surface area (Å²) in [6.07, 6.45) is -10.7. The molecule has 1 aromatic heterocycles. The van der Waals surface area contributed by atoms with Crippen LogP contribution in [0.25, 0.3) is 0 Å². The van der Waals surface area contributed by atoms with Crippen LogP contribution in [0.4, 0.5) is 42.8 Å². The number of aromatic nitrogens is 3. The van der Waals surface area contributed by atoms with Gasteiger partial charge in [0.25, 0.3) is 10.0 Å². The third-order valence-electron chi connectivity index (χ3n) is 8.87. The van der Waals surface area contributed by atoms with E-state index in [1.165, 1.54) is 76.3 Å². The van der Waals surface area contributed by atoms with Gasteiger partial charge in [-0.3, -0.25) is 24.8 Å². The largest absolute Gasteiger partial charge is 0.494 e. The Labute approximate surface area is 443 Å². The number of aliphatic carboxylic acids is 1. The summed E-state index contributed by atoms with van der Waals surface area (Å²) in [6, 6.07) is 12.1. The summed E-state index contributed by atoms with van der Waals surface area (Å²) in [5, 5.41) is 30.2. The molecule has 76 heavy (non-hydrogen) atoms. The molecule has 0 saturated heterocycles. The average molecular weight is 1180 g/mol. The summed E-state index contributed by atoms with van der Waals surface area (Å²) in [6.45, 7) is 4.54. The van der Waals surface area contributed by atoms with Crippen LogP contribution in [-0.2, 0) is 32.0 Å². The van der Waals surface area contributed by atoms with Crippen molar-refractivity contribution in [3.63, 3.8) is 0 Å². The number of nitrogens with one attached hydrogen (secondary N) is 2. The summed E-state index contributed by atoms with van der Waals surface area (Å²) in [7, 11) is -4.91. The number of amides is 2. The van der Waals surface area contributed by atoms with Crippen LogP contribution in [0.2, 0.25) is 15.1 Å². The summed E-state index contributed by atoms with van der Waals surface area (Å²) in [5.74, 6) is -2.15. The fourth-order valence-corrected chi connectivity index (χ4v) is 8.08. The molecule has 22 nitrogen and oxygen atoms in total. The molecule has 2 atom stereocenters. The predicted molar refractivity (Wildman–Crippen MR) is 263 cm³/mol. The van der Waals surface area contributed by atoms with Crippen LogP contribution in [0.3, 0.4) is 0 Å². The minimum atomic E-state index is -4.52. The van der Waals surface area contributed by atoms with Crippen molar-refractivity contribution < 1.29 is 92.7 Å². The van der Waals surface area contributed by atoms with Crippen LogP contribution < -0.4 is 34.7 Å². The van der Waals surface area contributed by atoms with Crippen molar-refractivity contribution in [3.05, 3.63) is 120 Å². The molecule has 7 N–H and O–H groups in total. The average Bonchev–Trinajstić information content (AvgIpc) is 3.30. The molecule has 5 rings (SSSR count). The summed E-state index contributed by atoms with van der Waals surface area (Å²) < 4.78 is 133. The molecule has 1 heterocycles. The van der Waals surface area contributed by atoms with Crippen molar-refractivity contribution in [1.82, 2.24) is 19.7 Å². The number of aryl methyl sites for hydroxylation is 2. The molecular weight excluding hydrogens is 1140 g/mol. The molecular formula is C43H45Cl3F6N7O15PS. The van der Waals surface area contributed by atoms with Gasteiger partial charge in [-0.1, -0.05) is 53.0 Å². The topological polar surface area (TPSA) is 332 Å². The number of carbonyl (C=O) groups is 3. The van der Waals surface area contributed by atoms with Gasteiger partial charge in [-0.2, -0.15) is 41.3 Å². The number of hydrogen-bond acceptors (Lipinski definition) is 16. The third kappa shape index (κ3) is 22.2. The zero-order valence-corrected chi connectivity index (χ0v) is 43.9. The number of carboxylic acids is 2. The lowest BCUT2D eigenvalue weighted by Gasteiger charge is -2.13. The van der Waals surface area contributed by atoms with Crippen LogP contribution in [-0.4, -0.2) is 107 Å². The van der Waals surface area contributed by atoms with Crippen LogP contribution in [0.1, 0.15) is 47.1 Å². The summed E-state index contributed by atoms with van der Waals surface area (Å²) >= 11 is 17.2. The summed E-state index contributed by atoms with van der Waals surface area (Å²) in [5.41, 5.74) is 3.75. The first-order chi connectivity index (χ1) is 35.1. The molecule has 0 aliphatic rings. The number of carbonyl (C=O) groups excluding carboxylic acids is 1. The van der Waals surface area contributed by atoms with E-state index in [9.17, 15) is 63.8 Å². The van der Waals surface area contributed by atoms with E-state index in [1.54, 1.807) is 11.6 Å². The first kappa shape index (κ1) is 65.4. The van der Waals surface area contributed by atoms with Gasteiger partial charge in [0.2, 0.25) is 11.7 Å². The normalized spacial score (nSPS) is 12.3. The number of nitrogens with two attached hydrogens (primary N) is 1. The summed E-state index contributed by atoms with van der Waals surface area (Å²) in [4.78, 5) is 62.8. The Hall–Kier alpha value is -6.75. The molecule has 416 valence electrons. The van der Waals surface area contributed by atoms with Gasteiger partial charge in [0.05, 0.1) is 51.3 Å². The van der Waals surface area contributed by atoms with Crippen LogP contribution in [0, 0.1) is 17.0 Å². The van der Waals surface area contributed by atoms with Crippen molar-refractivity contribution in [2.24, 2.45) is 5.73 Å². The highest BCUT2D eigenvalue weighted by molar-refractivity contribution is 7.90. The number of aromatic carboxylic acids is 1. The first-order valence-electron chi connectivity index (χ1n) is 20.9. The lowest BCUT2D eigenvalue weighted by Crippen LogP contribution is -2.35. The number of hydrogen-bond donors (Lipinski definition) is 6. The van der Waals surface area contributed by atoms with Gasteiger partial charge >= 0.3 is 42.0 Å². The Bertz CT molecular complexity index is 3020. The van der Waals surface area contributed by atoms with Crippen molar-refractivity contribution >= 4 is 81.8 Å². The molecule has 5 aromatic rings. The Kier molecular flexibility index (Phi) is 24.9. The zero-order chi connectivity index (χ0) is 57.9. The highest BCUT2D eigenvalue weighted by atomic mass is 35.5. The Balaban J connectivity index is 0.000000371. The number of alkyl halides is 6. The number of nitro benzene ring substituents is 1. The molecule has 0 fully saturated rings. The molecule has 2 unspecified atom stereocenters. The molecule has 2 amide bonds. The van der Waals surface area contributed by atoms with Crippen LogP contribution in [0.5, 0.6) is 29.0 Å². The number of nitro groups is 1. The highest BCUT2D eigenvalue weighted by Crippen LogP contribution is 2.39. The van der Waals surface area contributed by atoms with E-state index in [1.807, 2.05) is 0 Å². The maximum absolute atomic E-state index is 12.6. The van der Waals surface area contributed by atoms with Gasteiger partial charge in [-0.25, -0.2) is 22.7 Å². The van der Waals surface area contributed by atoms with E-state index in [-0.39, 0.29) is 91.9 Å². The minimum Gasteiger partial charge on any atom is -0.494 e. The lowest BCUT2D eigenvalue weighted by atomic mass is 10.1. The van der Waals surface area contributed by atoms with Crippen molar-refractivity contribution in [1.29, 1.82) is 0 Å². The third-order valence-corrected chi connectivity index (χ3v) is 12.3. The molecule has 0 aliphatic carbocycles. The van der Waals surface area contributed by atoms with Crippen LogP contribution >= 0.6 is 42.2 Å². The van der Waals surface area contributed by atoms with Crippen molar-refractivity contribution in [2.75, 3.05) is 39.0 Å². The number of carboxylic acid groups (broad SMARTS) is 2. The minimum absolute atomic E-state index is 0.0111. The molecule has 0 aliphatic heterocycles. The zero-order valence-electron chi connectivity index (χ0n) is 39.9. The number of halogens is 9. The van der Waals surface area contributed by atoms with E-state index in [0.717, 1.165) is 24.3 Å². The van der Waals surface area contributed by atoms with Gasteiger partial charge in [-0.15, -0.1) is 0 Å². The van der Waals surface area contributed by atoms with Crippen molar-refractivity contribution in [3.8, 4) is 29.0 Å². The molecule has 4 aromatic carbocycles. The standard InChI is InChI=1S/C15H11ClF3NO4.C15H16F3N5O4S.C8H6Cl2O3.C5H12NO4P/c1-2-23-14-8-10(4-5-12(14)20(21)22)24-13-6-3-9(7-11(13)16)15(17,18)19;1-9-19-12(22-14(20-9)27-2)21-13(24)23-28(25,26)11-6-4-3-5-10(11)7-8-15(16,17)18;1-13-7-5(10)3-2-4(9)6(7)8(11)12;1-11(9,10)3-2-4(6)5(7)8/h3-8H,2H2,1H3;3-6H,7-8H2,1-2H3,(H2,19,20,21,22,23,24);2-3H,1H3,(H,11,12);4H,2-3,6H2,1H3,(H,7,8)(H,9,10). The number of anilines is 1. The predicted octanol–water partition coefficient (Wildman–Crippen LogP) is 10.0. The van der Waals surface area contributed by atoms with Gasteiger partial charge < -0.3 is 39.8 Å². The van der Waals surface area contributed by atoms with E-state index >= 15 is 0 Å². The number of rotatable bonds is 17. The number of urea groups is 1. The van der Waals surface area contributed by atoms with E-state index < -0.39 is 82.0 Å². The number of benzene rings is 4. The Morgan fingerprint density at radius 2 is 1.53 bits per heavy atom. The second-order valence-corrected chi connectivity index (χ2v) is 20.2. The molecule has 0 saturated carbocycles. The fraction of sp³-hybridized carbons (Fsp3) is 0.302. The number of ether oxygens (including phenoxy) is 4. The number of nitrogens with zero attached hydrogens (tertiary/aromatic N) is 4. The Morgan fingerprint density at radius 1 is 0.895 bits per heavy atom. The van der Waals surface area contributed by atoms with Gasteiger partial charge in [0.1, 0.15) is 28.9 Å². The van der Waals surface area contributed by atoms with Crippen molar-refractivity contribution in [2.45, 2.75) is 56.4 Å². The lowest BCUT2D eigenvalue weighted by molar-refractivity contribution is -0.385. The Morgan fingerprint density at radius 3 is 2.04 bits per heavy atom. The molecule has 33 heteroatoms. The van der Waals surface area contributed by atoms with E-state index in [0.29, 0.717) is 0 Å².